The third-order valence-electron chi connectivity index (χ3n) is 7.00. The third kappa shape index (κ3) is 3.66. The normalized spacial score (nSPS) is 23.3. The van der Waals surface area contributed by atoms with E-state index in [0.717, 1.165) is 52.4 Å². The number of ketones is 1. The monoisotopic (exact) mass is 464 g/mol. The van der Waals surface area contributed by atoms with Crippen molar-refractivity contribution >= 4 is 39.4 Å². The highest BCUT2D eigenvalue weighted by atomic mass is 32.1. The predicted octanol–water partition coefficient (Wildman–Crippen LogP) is 6.50. The van der Waals surface area contributed by atoms with Gasteiger partial charge in [0, 0.05) is 39.8 Å². The van der Waals surface area contributed by atoms with Crippen LogP contribution in [0, 0.1) is 16.7 Å². The van der Waals surface area contributed by atoms with Crippen LogP contribution in [0.25, 0.3) is 0 Å². The average Bonchev–Trinajstić information content (AvgIpc) is 3.34. The molecule has 0 unspecified atom stereocenters. The maximum Gasteiger partial charge on any atom is 0.232 e. The zero-order valence-corrected chi connectivity index (χ0v) is 20.3. The van der Waals surface area contributed by atoms with E-state index in [1.807, 2.05) is 17.5 Å². The molecule has 0 saturated heterocycles. The van der Waals surface area contributed by atoms with Crippen molar-refractivity contribution in [2.75, 3.05) is 4.90 Å². The van der Waals surface area contributed by atoms with Gasteiger partial charge in [0.15, 0.2) is 5.78 Å². The minimum atomic E-state index is -0.204. The van der Waals surface area contributed by atoms with E-state index in [9.17, 15) is 14.9 Å². The molecule has 4 nitrogen and oxygen atoms in total. The van der Waals surface area contributed by atoms with Crippen LogP contribution in [0.15, 0.2) is 28.8 Å². The van der Waals surface area contributed by atoms with E-state index in [1.165, 1.54) is 17.7 Å². The molecule has 0 N–H and O–H groups in total. The van der Waals surface area contributed by atoms with E-state index in [-0.39, 0.29) is 23.0 Å². The molecule has 2 aromatic heterocycles. The van der Waals surface area contributed by atoms with E-state index in [2.05, 4.69) is 19.9 Å². The summed E-state index contributed by atoms with van der Waals surface area (Å²) in [5.74, 6) is 0.00261. The molecule has 1 amide bonds. The number of nitriles is 1. The first-order valence-electron chi connectivity index (χ1n) is 11.6. The number of aryl methyl sites for hydroxylation is 1. The molecule has 1 aliphatic heterocycles. The molecule has 2 aliphatic carbocycles. The van der Waals surface area contributed by atoms with Gasteiger partial charge < -0.3 is 0 Å². The quantitative estimate of drug-likeness (QED) is 0.509. The maximum atomic E-state index is 13.7. The molecule has 5 rings (SSSR count). The van der Waals surface area contributed by atoms with Crippen LogP contribution in [0.2, 0.25) is 0 Å². The Bertz CT molecular complexity index is 1150. The van der Waals surface area contributed by atoms with Crippen molar-refractivity contribution < 1.29 is 9.59 Å². The van der Waals surface area contributed by atoms with E-state index in [0.29, 0.717) is 24.8 Å². The Labute approximate surface area is 197 Å². The molecule has 0 radical (unpaired) electrons. The van der Waals surface area contributed by atoms with Crippen LogP contribution in [0.5, 0.6) is 0 Å². The van der Waals surface area contributed by atoms with Crippen molar-refractivity contribution in [3.8, 4) is 6.07 Å². The highest BCUT2D eigenvalue weighted by molar-refractivity contribution is 7.16. The summed E-state index contributed by atoms with van der Waals surface area (Å²) in [6.45, 7) is 4.20. The van der Waals surface area contributed by atoms with E-state index in [4.69, 9.17) is 0 Å². The summed E-state index contributed by atoms with van der Waals surface area (Å²) in [6, 6.07) is 6.47. The number of amides is 1. The first kappa shape index (κ1) is 21.6. The van der Waals surface area contributed by atoms with Crippen LogP contribution in [-0.2, 0) is 22.4 Å². The largest absolute Gasteiger partial charge is 0.294 e. The van der Waals surface area contributed by atoms with Gasteiger partial charge in [0.25, 0.3) is 0 Å². The molecular weight excluding hydrogens is 436 g/mol. The molecule has 3 aliphatic rings. The van der Waals surface area contributed by atoms with Gasteiger partial charge in [0.1, 0.15) is 11.1 Å². The van der Waals surface area contributed by atoms with E-state index < -0.39 is 0 Å². The van der Waals surface area contributed by atoms with Crippen molar-refractivity contribution in [2.45, 2.75) is 77.6 Å². The van der Waals surface area contributed by atoms with Gasteiger partial charge in [-0.15, -0.1) is 22.7 Å². The number of carbonyl (C=O) groups is 2. The summed E-state index contributed by atoms with van der Waals surface area (Å²) in [7, 11) is 0. The lowest BCUT2D eigenvalue weighted by Gasteiger charge is -2.42. The van der Waals surface area contributed by atoms with Crippen LogP contribution in [0.1, 0.15) is 85.6 Å². The zero-order valence-electron chi connectivity index (χ0n) is 18.7. The highest BCUT2D eigenvalue weighted by Gasteiger charge is 2.45. The molecule has 0 aromatic carbocycles. The van der Waals surface area contributed by atoms with Crippen molar-refractivity contribution in [1.29, 1.82) is 5.26 Å². The fourth-order valence-electron chi connectivity index (χ4n) is 5.56. The minimum Gasteiger partial charge on any atom is -0.294 e. The highest BCUT2D eigenvalue weighted by Crippen LogP contribution is 2.51. The number of nitrogens with zero attached hydrogens (tertiary/aromatic N) is 2. The molecule has 166 valence electrons. The Morgan fingerprint density at radius 3 is 2.62 bits per heavy atom. The van der Waals surface area contributed by atoms with Gasteiger partial charge in [0.2, 0.25) is 5.91 Å². The number of fused-ring (bicyclic) bond motifs is 1. The van der Waals surface area contributed by atoms with Crippen molar-refractivity contribution in [3.63, 3.8) is 0 Å². The zero-order chi connectivity index (χ0) is 22.5. The van der Waals surface area contributed by atoms with Crippen molar-refractivity contribution in [2.24, 2.45) is 5.41 Å². The van der Waals surface area contributed by atoms with Crippen LogP contribution < -0.4 is 4.90 Å². The number of thiophene rings is 2. The third-order valence-corrected chi connectivity index (χ3v) is 9.26. The first-order chi connectivity index (χ1) is 15.4. The second kappa shape index (κ2) is 8.28. The summed E-state index contributed by atoms with van der Waals surface area (Å²) >= 11 is 3.23. The second-order valence-electron chi connectivity index (χ2n) is 10.0. The number of hydrogen-bond acceptors (Lipinski definition) is 5. The van der Waals surface area contributed by atoms with Crippen LogP contribution in [-0.4, -0.2) is 11.7 Å². The average molecular weight is 465 g/mol. The number of rotatable bonds is 2. The fraction of sp³-hybridized carbons (Fsp3) is 0.500. The number of Topliss-reactive ketones (excluding diaryl/α,β-unsaturated/α-hetero) is 1. The van der Waals surface area contributed by atoms with Gasteiger partial charge in [-0.3, -0.25) is 14.5 Å². The van der Waals surface area contributed by atoms with Gasteiger partial charge in [0.05, 0.1) is 5.56 Å². The molecule has 1 atom stereocenters. The Kier molecular flexibility index (Phi) is 5.59. The van der Waals surface area contributed by atoms with Gasteiger partial charge in [-0.25, -0.2) is 0 Å². The first-order valence-corrected chi connectivity index (χ1v) is 13.3. The summed E-state index contributed by atoms with van der Waals surface area (Å²) in [4.78, 5) is 31.2. The van der Waals surface area contributed by atoms with Crippen LogP contribution in [0.4, 0.5) is 5.00 Å². The molecule has 32 heavy (non-hydrogen) atoms. The molecular formula is C26H28N2O2S2. The van der Waals surface area contributed by atoms with Gasteiger partial charge >= 0.3 is 0 Å². The number of hydrogen-bond donors (Lipinski definition) is 0. The molecule has 0 spiro atoms. The number of anilines is 1. The van der Waals surface area contributed by atoms with Crippen molar-refractivity contribution in [1.82, 2.24) is 0 Å². The summed E-state index contributed by atoms with van der Waals surface area (Å²) in [6.07, 6.45) is 7.99. The second-order valence-corrected chi connectivity index (χ2v) is 12.1. The lowest BCUT2D eigenvalue weighted by Crippen LogP contribution is -2.43. The molecule has 2 aromatic rings. The lowest BCUT2D eigenvalue weighted by atomic mass is 9.70. The number of carbonyl (C=O) groups excluding carboxylic acids is 2. The SMILES string of the molecule is CC1(C)CC(=O)C2=C(C1)N(c1sc3c(c1C#N)CCCCCC3)C(=O)C[C@H]2c1cccs1. The Hall–Kier alpha value is -2.23. The van der Waals surface area contributed by atoms with E-state index in [1.54, 1.807) is 27.6 Å². The molecule has 6 heteroatoms. The topological polar surface area (TPSA) is 61.2 Å². The molecule has 0 saturated carbocycles. The van der Waals surface area contributed by atoms with Crippen molar-refractivity contribution in [3.05, 3.63) is 49.7 Å². The summed E-state index contributed by atoms with van der Waals surface area (Å²) in [5.41, 5.74) is 3.24. The van der Waals surface area contributed by atoms with Crippen LogP contribution >= 0.6 is 22.7 Å². The van der Waals surface area contributed by atoms with Gasteiger partial charge in [-0.2, -0.15) is 5.26 Å². The Morgan fingerprint density at radius 2 is 1.91 bits per heavy atom. The Balaban J connectivity index is 1.69. The Morgan fingerprint density at radius 1 is 1.12 bits per heavy atom. The minimum absolute atomic E-state index is 0.0124. The van der Waals surface area contributed by atoms with E-state index >= 15 is 0 Å². The molecule has 0 bridgehead atoms. The van der Waals surface area contributed by atoms with Gasteiger partial charge in [-0.05, 0) is 54.5 Å². The maximum absolute atomic E-state index is 13.7. The lowest BCUT2D eigenvalue weighted by molar-refractivity contribution is -0.120. The smallest absolute Gasteiger partial charge is 0.232 e. The molecule has 3 heterocycles. The summed E-state index contributed by atoms with van der Waals surface area (Å²) in [5, 5.41) is 12.9. The molecule has 0 fully saturated rings. The van der Waals surface area contributed by atoms with Gasteiger partial charge in [-0.1, -0.05) is 32.8 Å². The van der Waals surface area contributed by atoms with Crippen LogP contribution in [0.3, 0.4) is 0 Å². The fourth-order valence-corrected chi connectivity index (χ4v) is 7.78. The summed E-state index contributed by atoms with van der Waals surface area (Å²) < 4.78 is 0. The predicted molar refractivity (Wildman–Crippen MR) is 129 cm³/mol. The number of allylic oxidation sites excluding steroid dienone is 2. The standard InChI is InChI=1S/C26H28N2O2S2/c1-26(2)13-19-24(20(29)14-26)17(21-10-7-11-31-21)12-23(30)28(19)25-18(15-27)16-8-5-3-4-6-9-22(16)32-25/h7,10-11,17H,3-6,8-9,12-14H2,1-2H3/t17-/m0/s1.